The lowest BCUT2D eigenvalue weighted by Gasteiger charge is -2.34. The molecule has 0 aromatic rings. The largest absolute Gasteiger partial charge is 0.466 e. The predicted molar refractivity (Wildman–Crippen MR) is 126 cm³/mol. The number of hydrogen-bond donors (Lipinski definition) is 1. The zero-order chi connectivity index (χ0) is 19.5. The fourth-order valence-electron chi connectivity index (χ4n) is 3.97. The van der Waals surface area contributed by atoms with Gasteiger partial charge in [-0.25, -0.2) is 0 Å². The molecule has 0 aliphatic carbocycles. The molecule has 2 rings (SSSR count). The van der Waals surface area contributed by atoms with Gasteiger partial charge in [0.05, 0.1) is 12.5 Å². The summed E-state index contributed by atoms with van der Waals surface area (Å²) in [5.74, 6) is 1.77. The first-order valence-electron chi connectivity index (χ1n) is 11.1. The molecule has 1 N–H and O–H groups in total. The Hall–Kier alpha value is -0.570. The Bertz CT molecular complexity index is 467. The summed E-state index contributed by atoms with van der Waals surface area (Å²) in [6, 6.07) is 0. The Morgan fingerprint density at radius 3 is 2.57 bits per heavy atom. The van der Waals surface area contributed by atoms with Crippen LogP contribution in [0.2, 0.25) is 0 Å². The summed E-state index contributed by atoms with van der Waals surface area (Å²) >= 11 is 0. The third-order valence-corrected chi connectivity index (χ3v) is 5.70. The van der Waals surface area contributed by atoms with Crippen LogP contribution in [0.5, 0.6) is 0 Å². The number of carbonyl (C=O) groups is 1. The molecule has 7 heteroatoms. The number of hydrogen-bond acceptors (Lipinski definition) is 4. The Morgan fingerprint density at radius 2 is 1.89 bits per heavy atom. The van der Waals surface area contributed by atoms with E-state index in [9.17, 15) is 4.79 Å². The van der Waals surface area contributed by atoms with E-state index in [1.807, 2.05) is 6.92 Å². The van der Waals surface area contributed by atoms with E-state index in [0.29, 0.717) is 6.61 Å². The van der Waals surface area contributed by atoms with Crippen molar-refractivity contribution in [3.63, 3.8) is 0 Å². The molecule has 0 bridgehead atoms. The molecule has 0 amide bonds. The van der Waals surface area contributed by atoms with Crippen LogP contribution in [0, 0.1) is 11.8 Å². The number of nitrogens with one attached hydrogen (secondary N) is 1. The van der Waals surface area contributed by atoms with E-state index in [2.05, 4.69) is 29.0 Å². The van der Waals surface area contributed by atoms with Crippen LogP contribution in [0.4, 0.5) is 0 Å². The van der Waals surface area contributed by atoms with Crippen LogP contribution >= 0.6 is 24.0 Å². The number of aliphatic imine (C=N–C) groups is 1. The number of nitrogens with zero attached hydrogens (tertiary/aromatic N) is 3. The molecule has 2 saturated heterocycles. The topological polar surface area (TPSA) is 57.2 Å². The van der Waals surface area contributed by atoms with Crippen LogP contribution < -0.4 is 5.32 Å². The van der Waals surface area contributed by atoms with Gasteiger partial charge in [0.1, 0.15) is 0 Å². The van der Waals surface area contributed by atoms with Gasteiger partial charge in [0, 0.05) is 26.2 Å². The predicted octanol–water partition coefficient (Wildman–Crippen LogP) is 3.36. The number of guanidine groups is 1. The summed E-state index contributed by atoms with van der Waals surface area (Å²) in [7, 11) is 0. The molecule has 2 fully saturated rings. The highest BCUT2D eigenvalue weighted by Gasteiger charge is 2.28. The van der Waals surface area contributed by atoms with Crippen LogP contribution in [0.25, 0.3) is 0 Å². The first kappa shape index (κ1) is 25.5. The number of halogens is 1. The number of rotatable bonds is 8. The van der Waals surface area contributed by atoms with Gasteiger partial charge in [-0.05, 0) is 77.9 Å². The van der Waals surface area contributed by atoms with Crippen LogP contribution in [-0.4, -0.2) is 74.1 Å². The number of esters is 1. The van der Waals surface area contributed by atoms with Crippen LogP contribution in [0.15, 0.2) is 4.99 Å². The number of ether oxygens (including phenoxy) is 1. The highest BCUT2D eigenvalue weighted by atomic mass is 127. The molecule has 164 valence electrons. The summed E-state index contributed by atoms with van der Waals surface area (Å²) in [5, 5.41) is 3.40. The molecule has 2 aliphatic heterocycles. The SMILES string of the molecule is CCNC(=NCCCCN1CCC(C)CC1)N1CCCC(C(=O)OCC)C1.I. The van der Waals surface area contributed by atoms with Crippen LogP contribution in [-0.2, 0) is 9.53 Å². The van der Waals surface area contributed by atoms with E-state index in [-0.39, 0.29) is 35.9 Å². The summed E-state index contributed by atoms with van der Waals surface area (Å²) in [6.45, 7) is 13.9. The van der Waals surface area contributed by atoms with Crippen molar-refractivity contribution in [1.29, 1.82) is 0 Å². The first-order valence-corrected chi connectivity index (χ1v) is 11.1. The molecule has 6 nitrogen and oxygen atoms in total. The van der Waals surface area contributed by atoms with Crippen molar-refractivity contribution < 1.29 is 9.53 Å². The van der Waals surface area contributed by atoms with Crippen molar-refractivity contribution >= 4 is 35.9 Å². The van der Waals surface area contributed by atoms with Crippen LogP contribution in [0.1, 0.15) is 59.3 Å². The van der Waals surface area contributed by atoms with E-state index in [4.69, 9.17) is 9.73 Å². The highest BCUT2D eigenvalue weighted by molar-refractivity contribution is 14.0. The molecule has 1 atom stereocenters. The lowest BCUT2D eigenvalue weighted by atomic mass is 9.98. The smallest absolute Gasteiger partial charge is 0.310 e. The van der Waals surface area contributed by atoms with Crippen molar-refractivity contribution in [3.05, 3.63) is 0 Å². The van der Waals surface area contributed by atoms with Gasteiger partial charge in [-0.1, -0.05) is 6.92 Å². The van der Waals surface area contributed by atoms with Gasteiger partial charge >= 0.3 is 5.97 Å². The molecule has 2 aliphatic rings. The second-order valence-corrected chi connectivity index (χ2v) is 8.00. The molecule has 28 heavy (non-hydrogen) atoms. The monoisotopic (exact) mass is 508 g/mol. The maximum Gasteiger partial charge on any atom is 0.310 e. The summed E-state index contributed by atoms with van der Waals surface area (Å²) in [6.07, 6.45) is 6.96. The minimum atomic E-state index is -0.0612. The van der Waals surface area contributed by atoms with Gasteiger partial charge in [-0.15, -0.1) is 24.0 Å². The second kappa shape index (κ2) is 14.4. The summed E-state index contributed by atoms with van der Waals surface area (Å²) < 4.78 is 5.22. The number of carbonyl (C=O) groups excluding carboxylic acids is 1. The zero-order valence-corrected chi connectivity index (χ0v) is 20.5. The maximum atomic E-state index is 12.1. The average molecular weight is 508 g/mol. The van der Waals surface area contributed by atoms with Gasteiger partial charge in [0.2, 0.25) is 0 Å². The first-order chi connectivity index (χ1) is 13.1. The number of unbranched alkanes of at least 4 members (excludes halogenated alkanes) is 1. The van der Waals surface area contributed by atoms with Gasteiger partial charge in [-0.2, -0.15) is 0 Å². The minimum Gasteiger partial charge on any atom is -0.466 e. The standard InChI is InChI=1S/C21H40N4O2.HI/c1-4-22-21(25-14-8-9-19(17-25)20(26)27-5-2)23-12-6-7-13-24-15-10-18(3)11-16-24;/h18-19H,4-17H2,1-3H3,(H,22,23);1H. The molecule has 0 saturated carbocycles. The van der Waals surface area contributed by atoms with Gasteiger partial charge in [0.15, 0.2) is 5.96 Å². The number of piperidine rings is 2. The molecule has 0 aromatic heterocycles. The maximum absolute atomic E-state index is 12.1. The molecule has 0 spiro atoms. The van der Waals surface area contributed by atoms with E-state index >= 15 is 0 Å². The van der Waals surface area contributed by atoms with Crippen molar-refractivity contribution in [2.45, 2.75) is 59.3 Å². The Labute approximate surface area is 188 Å². The van der Waals surface area contributed by atoms with Gasteiger partial charge in [0.25, 0.3) is 0 Å². The Kier molecular flexibility index (Phi) is 13.1. The third kappa shape index (κ3) is 8.84. The van der Waals surface area contributed by atoms with E-state index in [1.165, 1.54) is 38.9 Å². The van der Waals surface area contributed by atoms with Crippen molar-refractivity contribution in [2.75, 3.05) is 52.4 Å². The van der Waals surface area contributed by atoms with E-state index in [1.54, 1.807) is 0 Å². The molecule has 0 aromatic carbocycles. The van der Waals surface area contributed by atoms with Crippen molar-refractivity contribution in [1.82, 2.24) is 15.1 Å². The summed E-state index contributed by atoms with van der Waals surface area (Å²) in [5.41, 5.74) is 0. The molecule has 0 radical (unpaired) electrons. The Morgan fingerprint density at radius 1 is 1.14 bits per heavy atom. The normalized spacial score (nSPS) is 21.9. The minimum absolute atomic E-state index is 0. The average Bonchev–Trinajstić information content (AvgIpc) is 2.68. The highest BCUT2D eigenvalue weighted by Crippen LogP contribution is 2.18. The van der Waals surface area contributed by atoms with Gasteiger partial charge < -0.3 is 19.9 Å². The fourth-order valence-corrected chi connectivity index (χ4v) is 3.97. The van der Waals surface area contributed by atoms with Gasteiger partial charge in [-0.3, -0.25) is 9.79 Å². The summed E-state index contributed by atoms with van der Waals surface area (Å²) in [4.78, 5) is 21.7. The van der Waals surface area contributed by atoms with E-state index < -0.39 is 0 Å². The lowest BCUT2D eigenvalue weighted by molar-refractivity contribution is -0.149. The zero-order valence-electron chi connectivity index (χ0n) is 18.1. The lowest BCUT2D eigenvalue weighted by Crippen LogP contribution is -2.48. The van der Waals surface area contributed by atoms with Crippen molar-refractivity contribution in [3.8, 4) is 0 Å². The molecular weight excluding hydrogens is 467 g/mol. The fraction of sp³-hybridized carbons (Fsp3) is 0.905. The second-order valence-electron chi connectivity index (χ2n) is 8.00. The molecule has 2 heterocycles. The quantitative estimate of drug-likeness (QED) is 0.179. The molecular formula is C21H41IN4O2. The van der Waals surface area contributed by atoms with E-state index in [0.717, 1.165) is 57.3 Å². The Balaban J connectivity index is 0.00000392. The third-order valence-electron chi connectivity index (χ3n) is 5.70. The molecule has 1 unspecified atom stereocenters. The van der Waals surface area contributed by atoms with Crippen molar-refractivity contribution in [2.24, 2.45) is 16.8 Å². The van der Waals surface area contributed by atoms with Crippen LogP contribution in [0.3, 0.4) is 0 Å². The number of likely N-dealkylation sites (tertiary alicyclic amines) is 2.